The van der Waals surface area contributed by atoms with Gasteiger partial charge in [0.25, 0.3) is 0 Å². The molecule has 1 aliphatic rings. The van der Waals surface area contributed by atoms with Gasteiger partial charge in [0.2, 0.25) is 11.8 Å². The number of nitrogens with one attached hydrogen (secondary N) is 2. The van der Waals surface area contributed by atoms with E-state index in [0.29, 0.717) is 19.5 Å². The van der Waals surface area contributed by atoms with Crippen LogP contribution >= 0.6 is 0 Å². The molecule has 116 valence electrons. The van der Waals surface area contributed by atoms with E-state index < -0.39 is 0 Å². The first-order valence-corrected chi connectivity index (χ1v) is 7.70. The van der Waals surface area contributed by atoms with Gasteiger partial charge in [-0.05, 0) is 38.2 Å². The summed E-state index contributed by atoms with van der Waals surface area (Å²) in [6, 6.07) is 0. The monoisotopic (exact) mass is 292 g/mol. The van der Waals surface area contributed by atoms with Gasteiger partial charge in [-0.2, -0.15) is 5.10 Å². The molecule has 1 saturated heterocycles. The van der Waals surface area contributed by atoms with Crippen molar-refractivity contribution in [3.05, 3.63) is 17.5 Å². The summed E-state index contributed by atoms with van der Waals surface area (Å²) in [7, 11) is 0. The molecule has 0 unspecified atom stereocenters. The highest BCUT2D eigenvalue weighted by molar-refractivity contribution is 5.84. The van der Waals surface area contributed by atoms with Crippen LogP contribution in [0.5, 0.6) is 0 Å². The van der Waals surface area contributed by atoms with Gasteiger partial charge in [0, 0.05) is 25.2 Å². The normalized spacial score (nSPS) is 15.9. The Morgan fingerprint density at radius 3 is 3.05 bits per heavy atom. The summed E-state index contributed by atoms with van der Waals surface area (Å²) < 4.78 is 0. The van der Waals surface area contributed by atoms with E-state index in [1.165, 1.54) is 5.56 Å². The maximum atomic E-state index is 11.9. The van der Waals surface area contributed by atoms with E-state index in [1.807, 2.05) is 13.1 Å². The highest BCUT2D eigenvalue weighted by atomic mass is 16.2. The number of rotatable bonds is 6. The van der Waals surface area contributed by atoms with Crippen LogP contribution in [0.2, 0.25) is 0 Å². The number of likely N-dealkylation sites (tertiary alicyclic amines) is 1. The number of aromatic nitrogens is 2. The van der Waals surface area contributed by atoms with Gasteiger partial charge < -0.3 is 10.2 Å². The first kappa shape index (κ1) is 15.5. The summed E-state index contributed by atoms with van der Waals surface area (Å²) in [6.45, 7) is 3.53. The average Bonchev–Trinajstić information content (AvgIpc) is 2.76. The fraction of sp³-hybridized carbons (Fsp3) is 0.667. The maximum Gasteiger partial charge on any atom is 0.239 e. The maximum absolute atomic E-state index is 11.9. The van der Waals surface area contributed by atoms with Crippen LogP contribution < -0.4 is 5.32 Å². The third-order valence-electron chi connectivity index (χ3n) is 3.89. The van der Waals surface area contributed by atoms with Crippen LogP contribution in [-0.4, -0.2) is 46.5 Å². The topological polar surface area (TPSA) is 78.1 Å². The quantitative estimate of drug-likeness (QED) is 0.773. The van der Waals surface area contributed by atoms with Gasteiger partial charge in [-0.15, -0.1) is 0 Å². The molecule has 6 heteroatoms. The molecule has 0 spiro atoms. The lowest BCUT2D eigenvalue weighted by Gasteiger charge is -2.19. The second kappa shape index (κ2) is 7.81. The van der Waals surface area contributed by atoms with Crippen LogP contribution in [-0.2, 0) is 16.0 Å². The van der Waals surface area contributed by atoms with Gasteiger partial charge in [-0.3, -0.25) is 14.7 Å². The number of hydrogen-bond acceptors (Lipinski definition) is 3. The van der Waals surface area contributed by atoms with Crippen LogP contribution in [0.25, 0.3) is 0 Å². The Hall–Kier alpha value is -1.85. The second-order valence-corrected chi connectivity index (χ2v) is 5.60. The molecular formula is C15H24N4O2. The molecule has 1 aliphatic heterocycles. The molecule has 0 aliphatic carbocycles. The highest BCUT2D eigenvalue weighted by Gasteiger charge is 2.18. The molecule has 6 nitrogen and oxygen atoms in total. The minimum Gasteiger partial charge on any atom is -0.355 e. The Kier molecular flexibility index (Phi) is 5.78. The fourth-order valence-electron chi connectivity index (χ4n) is 2.57. The van der Waals surface area contributed by atoms with Crippen molar-refractivity contribution in [2.24, 2.45) is 0 Å². The summed E-state index contributed by atoms with van der Waals surface area (Å²) in [4.78, 5) is 25.4. The second-order valence-electron chi connectivity index (χ2n) is 5.60. The average molecular weight is 292 g/mol. The molecule has 2 rings (SSSR count). The van der Waals surface area contributed by atoms with Crippen molar-refractivity contribution in [2.75, 3.05) is 19.6 Å². The van der Waals surface area contributed by atoms with E-state index in [9.17, 15) is 9.59 Å². The number of amides is 2. The Labute approximate surface area is 125 Å². The Bertz CT molecular complexity index is 484. The predicted molar refractivity (Wildman–Crippen MR) is 79.7 cm³/mol. The van der Waals surface area contributed by atoms with Gasteiger partial charge in [0.05, 0.1) is 12.7 Å². The van der Waals surface area contributed by atoms with E-state index in [1.54, 1.807) is 4.90 Å². The van der Waals surface area contributed by atoms with Crippen molar-refractivity contribution in [2.45, 2.75) is 45.4 Å². The minimum atomic E-state index is -0.0610. The number of carbonyl (C=O) groups is 2. The number of nitrogens with zero attached hydrogens (tertiary/aromatic N) is 2. The third kappa shape index (κ3) is 4.88. The van der Waals surface area contributed by atoms with Crippen molar-refractivity contribution in [3.8, 4) is 0 Å². The van der Waals surface area contributed by atoms with Crippen molar-refractivity contribution in [1.82, 2.24) is 20.4 Å². The van der Waals surface area contributed by atoms with Crippen molar-refractivity contribution >= 4 is 11.8 Å². The molecule has 0 aromatic carbocycles. The van der Waals surface area contributed by atoms with Crippen molar-refractivity contribution < 1.29 is 9.59 Å². The van der Waals surface area contributed by atoms with Gasteiger partial charge in [0.15, 0.2) is 0 Å². The van der Waals surface area contributed by atoms with E-state index in [2.05, 4.69) is 15.5 Å². The summed E-state index contributed by atoms with van der Waals surface area (Å²) in [5.41, 5.74) is 2.27. The van der Waals surface area contributed by atoms with Crippen LogP contribution in [0, 0.1) is 6.92 Å². The predicted octanol–water partition coefficient (Wildman–Crippen LogP) is 1.17. The van der Waals surface area contributed by atoms with Crippen molar-refractivity contribution in [3.63, 3.8) is 0 Å². The molecule has 2 amide bonds. The molecule has 2 heterocycles. The smallest absolute Gasteiger partial charge is 0.239 e. The summed E-state index contributed by atoms with van der Waals surface area (Å²) in [5.74, 6) is 0.0471. The Balaban J connectivity index is 1.65. The molecule has 1 fully saturated rings. The number of aromatic amines is 1. The van der Waals surface area contributed by atoms with Gasteiger partial charge >= 0.3 is 0 Å². The molecule has 0 radical (unpaired) electrons. The molecular weight excluding hydrogens is 268 g/mol. The lowest BCUT2D eigenvalue weighted by molar-refractivity contribution is -0.135. The lowest BCUT2D eigenvalue weighted by atomic mass is 10.1. The fourth-order valence-corrected chi connectivity index (χ4v) is 2.57. The number of aryl methyl sites for hydroxylation is 2. The number of carbonyl (C=O) groups excluding carboxylic acids is 2. The summed E-state index contributed by atoms with van der Waals surface area (Å²) >= 11 is 0. The number of hydrogen-bond donors (Lipinski definition) is 2. The first-order valence-electron chi connectivity index (χ1n) is 7.70. The zero-order valence-corrected chi connectivity index (χ0v) is 12.7. The van der Waals surface area contributed by atoms with E-state index >= 15 is 0 Å². The Morgan fingerprint density at radius 1 is 1.43 bits per heavy atom. The first-order chi connectivity index (χ1) is 10.2. The minimum absolute atomic E-state index is 0.0610. The number of H-pyrrole nitrogens is 1. The molecule has 0 saturated carbocycles. The molecule has 2 N–H and O–H groups in total. The van der Waals surface area contributed by atoms with Crippen LogP contribution in [0.15, 0.2) is 6.20 Å². The summed E-state index contributed by atoms with van der Waals surface area (Å²) in [6.07, 6.45) is 7.19. The molecule has 0 atom stereocenters. The van der Waals surface area contributed by atoms with Crippen LogP contribution in [0.3, 0.4) is 0 Å². The summed E-state index contributed by atoms with van der Waals surface area (Å²) in [5, 5.41) is 9.76. The van der Waals surface area contributed by atoms with E-state index in [0.717, 1.165) is 37.8 Å². The lowest BCUT2D eigenvalue weighted by Crippen LogP contribution is -2.40. The van der Waals surface area contributed by atoms with Crippen molar-refractivity contribution in [1.29, 1.82) is 0 Å². The van der Waals surface area contributed by atoms with Gasteiger partial charge in [-0.25, -0.2) is 0 Å². The Morgan fingerprint density at radius 2 is 2.29 bits per heavy atom. The van der Waals surface area contributed by atoms with E-state index in [-0.39, 0.29) is 18.4 Å². The largest absolute Gasteiger partial charge is 0.355 e. The van der Waals surface area contributed by atoms with Crippen LogP contribution in [0.1, 0.15) is 43.4 Å². The molecule has 21 heavy (non-hydrogen) atoms. The molecule has 1 aromatic rings. The SMILES string of the molecule is Cc1[nH]ncc1CCCNC(=O)CN1CCCCCC1=O. The van der Waals surface area contributed by atoms with Gasteiger partial charge in [0.1, 0.15) is 0 Å². The standard InChI is InChI=1S/C15H24N4O2/c1-12-13(10-17-18-12)6-5-8-16-14(20)11-19-9-4-2-3-7-15(19)21/h10H,2-9,11H2,1H3,(H,16,20)(H,17,18). The van der Waals surface area contributed by atoms with Crippen LogP contribution in [0.4, 0.5) is 0 Å². The third-order valence-corrected chi connectivity index (χ3v) is 3.89. The highest BCUT2D eigenvalue weighted by Crippen LogP contribution is 2.10. The zero-order valence-electron chi connectivity index (χ0n) is 12.7. The molecule has 0 bridgehead atoms. The van der Waals surface area contributed by atoms with E-state index in [4.69, 9.17) is 0 Å². The van der Waals surface area contributed by atoms with Gasteiger partial charge in [-0.1, -0.05) is 6.42 Å². The zero-order chi connectivity index (χ0) is 15.1. The molecule has 1 aromatic heterocycles.